The summed E-state index contributed by atoms with van der Waals surface area (Å²) in [6.45, 7) is 0. The molecule has 0 saturated heterocycles. The second-order valence-electron chi connectivity index (χ2n) is 5.55. The fraction of sp³-hybridized carbons (Fsp3) is 0. The van der Waals surface area contributed by atoms with Gasteiger partial charge in [-0.05, 0) is 36.4 Å². The van der Waals surface area contributed by atoms with E-state index in [-0.39, 0.29) is 11.7 Å². The average molecular weight is 329 g/mol. The lowest BCUT2D eigenvalue weighted by Crippen LogP contribution is -2.36. The van der Waals surface area contributed by atoms with E-state index >= 15 is 0 Å². The van der Waals surface area contributed by atoms with Gasteiger partial charge in [0.25, 0.3) is 0 Å². The predicted molar refractivity (Wildman–Crippen MR) is 98.7 cm³/mol. The van der Waals surface area contributed by atoms with Crippen molar-refractivity contribution in [2.24, 2.45) is 0 Å². The first-order valence-electron chi connectivity index (χ1n) is 7.66. The summed E-state index contributed by atoms with van der Waals surface area (Å²) >= 11 is 0. The van der Waals surface area contributed by atoms with E-state index in [0.29, 0.717) is 28.5 Å². The first-order chi connectivity index (χ1) is 12.1. The SMILES string of the molecule is N=C(c1ccc(N)nc1)N1C(=N)c2ccccc2Nc2ncccc21. The number of aromatic nitrogens is 2. The zero-order valence-corrected chi connectivity index (χ0v) is 13.2. The van der Waals surface area contributed by atoms with Gasteiger partial charge in [0.1, 0.15) is 17.5 Å². The number of para-hydroxylation sites is 1. The minimum atomic E-state index is 0.130. The number of pyridine rings is 2. The molecular formula is C18H15N7. The molecule has 0 atom stereocenters. The van der Waals surface area contributed by atoms with Crippen molar-refractivity contribution >= 4 is 34.7 Å². The monoisotopic (exact) mass is 329 g/mol. The van der Waals surface area contributed by atoms with Crippen LogP contribution in [0.3, 0.4) is 0 Å². The molecule has 0 radical (unpaired) electrons. The minimum Gasteiger partial charge on any atom is -0.384 e. The molecule has 3 heterocycles. The number of anilines is 4. The Morgan fingerprint density at radius 3 is 2.68 bits per heavy atom. The molecule has 0 saturated carbocycles. The van der Waals surface area contributed by atoms with E-state index in [1.54, 1.807) is 29.3 Å². The van der Waals surface area contributed by atoms with Crippen LogP contribution in [0.25, 0.3) is 0 Å². The highest BCUT2D eigenvalue weighted by Gasteiger charge is 2.28. The van der Waals surface area contributed by atoms with E-state index in [1.807, 2.05) is 30.3 Å². The van der Waals surface area contributed by atoms with Crippen molar-refractivity contribution in [3.63, 3.8) is 0 Å². The number of amidine groups is 2. The maximum absolute atomic E-state index is 8.69. The summed E-state index contributed by atoms with van der Waals surface area (Å²) < 4.78 is 0. The fourth-order valence-electron chi connectivity index (χ4n) is 2.75. The highest BCUT2D eigenvalue weighted by atomic mass is 15.2. The van der Waals surface area contributed by atoms with Crippen molar-refractivity contribution in [2.45, 2.75) is 0 Å². The van der Waals surface area contributed by atoms with Crippen LogP contribution in [-0.2, 0) is 0 Å². The minimum absolute atomic E-state index is 0.130. The predicted octanol–water partition coefficient (Wildman–Crippen LogP) is 2.97. The molecule has 3 aromatic rings. The molecule has 1 aliphatic rings. The fourth-order valence-corrected chi connectivity index (χ4v) is 2.75. The van der Waals surface area contributed by atoms with Crippen LogP contribution in [0.15, 0.2) is 60.9 Å². The summed E-state index contributed by atoms with van der Waals surface area (Å²) in [6.07, 6.45) is 3.21. The van der Waals surface area contributed by atoms with E-state index in [9.17, 15) is 0 Å². The largest absolute Gasteiger partial charge is 0.384 e. The van der Waals surface area contributed by atoms with Gasteiger partial charge < -0.3 is 11.1 Å². The molecule has 4 rings (SSSR count). The van der Waals surface area contributed by atoms with Gasteiger partial charge in [-0.3, -0.25) is 15.7 Å². The quantitative estimate of drug-likeness (QED) is 0.405. The molecule has 0 spiro atoms. The van der Waals surface area contributed by atoms with Crippen molar-refractivity contribution in [3.05, 3.63) is 72.1 Å². The van der Waals surface area contributed by atoms with Crippen molar-refractivity contribution in [2.75, 3.05) is 16.0 Å². The highest BCUT2D eigenvalue weighted by Crippen LogP contribution is 2.34. The van der Waals surface area contributed by atoms with Crippen LogP contribution in [0, 0.1) is 10.8 Å². The second kappa shape index (κ2) is 5.72. The number of hydrogen-bond donors (Lipinski definition) is 4. The molecule has 7 heteroatoms. The summed E-state index contributed by atoms with van der Waals surface area (Å²) in [7, 11) is 0. The summed E-state index contributed by atoms with van der Waals surface area (Å²) in [4.78, 5) is 9.97. The van der Waals surface area contributed by atoms with Gasteiger partial charge in [-0.25, -0.2) is 9.97 Å². The molecule has 1 aromatic carbocycles. The van der Waals surface area contributed by atoms with Gasteiger partial charge in [0.2, 0.25) is 0 Å². The van der Waals surface area contributed by atoms with Crippen LogP contribution in [-0.4, -0.2) is 21.6 Å². The summed E-state index contributed by atoms with van der Waals surface area (Å²) in [5.74, 6) is 1.30. The first-order valence-corrected chi connectivity index (χ1v) is 7.66. The molecule has 0 bridgehead atoms. The topological polar surface area (TPSA) is 115 Å². The van der Waals surface area contributed by atoms with Crippen LogP contribution in [0.4, 0.5) is 23.0 Å². The van der Waals surface area contributed by atoms with Gasteiger partial charge in [0.05, 0.1) is 11.4 Å². The van der Waals surface area contributed by atoms with Crippen molar-refractivity contribution < 1.29 is 0 Å². The van der Waals surface area contributed by atoms with Gasteiger partial charge in [-0.15, -0.1) is 0 Å². The Balaban J connectivity index is 1.89. The van der Waals surface area contributed by atoms with Gasteiger partial charge in [-0.2, -0.15) is 0 Å². The van der Waals surface area contributed by atoms with Crippen molar-refractivity contribution in [1.82, 2.24) is 9.97 Å². The summed E-state index contributed by atoms with van der Waals surface area (Å²) in [5, 5.41) is 20.6. The van der Waals surface area contributed by atoms with Gasteiger partial charge >= 0.3 is 0 Å². The molecule has 0 aliphatic carbocycles. The second-order valence-corrected chi connectivity index (χ2v) is 5.55. The third-order valence-electron chi connectivity index (χ3n) is 3.97. The van der Waals surface area contributed by atoms with E-state index < -0.39 is 0 Å². The zero-order valence-electron chi connectivity index (χ0n) is 13.2. The summed E-state index contributed by atoms with van der Waals surface area (Å²) in [6, 6.07) is 14.5. The number of hydrogen-bond acceptors (Lipinski definition) is 6. The van der Waals surface area contributed by atoms with E-state index in [4.69, 9.17) is 16.6 Å². The third kappa shape index (κ3) is 2.47. The molecular weight excluding hydrogens is 314 g/mol. The molecule has 5 N–H and O–H groups in total. The normalized spacial score (nSPS) is 12.6. The highest BCUT2D eigenvalue weighted by molar-refractivity contribution is 6.30. The molecule has 7 nitrogen and oxygen atoms in total. The van der Waals surface area contributed by atoms with Gasteiger partial charge in [0, 0.05) is 23.5 Å². The van der Waals surface area contributed by atoms with Gasteiger partial charge in [0.15, 0.2) is 5.82 Å². The van der Waals surface area contributed by atoms with Crippen LogP contribution < -0.4 is 16.0 Å². The molecule has 0 unspecified atom stereocenters. The average Bonchev–Trinajstić information content (AvgIpc) is 2.76. The third-order valence-corrected chi connectivity index (χ3v) is 3.97. The van der Waals surface area contributed by atoms with Crippen LogP contribution in [0.5, 0.6) is 0 Å². The lowest BCUT2D eigenvalue weighted by molar-refractivity contribution is 1.24. The first kappa shape index (κ1) is 14.8. The Morgan fingerprint density at radius 2 is 1.88 bits per heavy atom. The standard InChI is InChI=1S/C18H15N7/c19-15-8-7-11(10-23-15)16(20)25-14-6-3-9-22-18(14)24-13-5-2-1-4-12(13)17(25)21/h1-10,20-21H,(H2,19,23)(H,22,24). The van der Waals surface area contributed by atoms with Crippen LogP contribution >= 0.6 is 0 Å². The Bertz CT molecular complexity index is 979. The molecule has 2 aromatic heterocycles. The van der Waals surface area contributed by atoms with Gasteiger partial charge in [-0.1, -0.05) is 12.1 Å². The Morgan fingerprint density at radius 1 is 1.04 bits per heavy atom. The lowest BCUT2D eigenvalue weighted by atomic mass is 10.1. The number of nitrogens with two attached hydrogens (primary N) is 1. The Kier molecular flexibility index (Phi) is 3.39. The molecule has 0 fully saturated rings. The van der Waals surface area contributed by atoms with Crippen molar-refractivity contribution in [3.8, 4) is 0 Å². The molecule has 122 valence electrons. The maximum Gasteiger partial charge on any atom is 0.154 e. The smallest absolute Gasteiger partial charge is 0.154 e. The number of fused-ring (bicyclic) bond motifs is 2. The van der Waals surface area contributed by atoms with E-state index in [0.717, 1.165) is 5.69 Å². The number of rotatable bonds is 1. The Labute approximate surface area is 144 Å². The summed E-state index contributed by atoms with van der Waals surface area (Å²) in [5.41, 5.74) is 8.30. The number of nitrogens with zero attached hydrogens (tertiary/aromatic N) is 3. The maximum atomic E-state index is 8.69. The Hall–Kier alpha value is -3.74. The molecule has 0 amide bonds. The van der Waals surface area contributed by atoms with Crippen LogP contribution in [0.2, 0.25) is 0 Å². The van der Waals surface area contributed by atoms with E-state index in [1.165, 1.54) is 6.20 Å². The lowest BCUT2D eigenvalue weighted by Gasteiger charge is -2.25. The zero-order chi connectivity index (χ0) is 17.4. The number of benzene rings is 1. The molecule has 25 heavy (non-hydrogen) atoms. The number of nitrogens with one attached hydrogen (secondary N) is 3. The van der Waals surface area contributed by atoms with Crippen molar-refractivity contribution in [1.29, 1.82) is 10.8 Å². The molecule has 1 aliphatic heterocycles. The number of nitrogen functional groups attached to an aromatic ring is 1. The van der Waals surface area contributed by atoms with E-state index in [2.05, 4.69) is 15.3 Å². The van der Waals surface area contributed by atoms with Crippen LogP contribution in [0.1, 0.15) is 11.1 Å².